The van der Waals surface area contributed by atoms with Crippen LogP contribution in [0.2, 0.25) is 0 Å². The van der Waals surface area contributed by atoms with Crippen LogP contribution in [0, 0.1) is 16.6 Å². The van der Waals surface area contributed by atoms with Crippen LogP contribution in [-0.2, 0) is 12.0 Å². The Morgan fingerprint density at radius 1 is 1.21 bits per heavy atom. The number of piperidine rings is 1. The molecule has 4 heteroatoms. The zero-order valence-corrected chi connectivity index (χ0v) is 15.6. The minimum Gasteiger partial charge on any atom is -0.490 e. The van der Waals surface area contributed by atoms with Crippen LogP contribution in [0.5, 0.6) is 5.75 Å². The molecule has 0 amide bonds. The molecule has 1 saturated heterocycles. The summed E-state index contributed by atoms with van der Waals surface area (Å²) in [6, 6.07) is 3.30. The second-order valence-corrected chi connectivity index (χ2v) is 8.48. The molecule has 1 aromatic carbocycles. The summed E-state index contributed by atoms with van der Waals surface area (Å²) in [6.07, 6.45) is 2.53. The van der Waals surface area contributed by atoms with Crippen molar-refractivity contribution in [1.82, 2.24) is 4.90 Å². The maximum atomic E-state index is 14.5. The molecular formula is C20H30FNO2. The Bertz CT molecular complexity index is 635. The number of fused-ring (bicyclic) bond motifs is 1. The summed E-state index contributed by atoms with van der Waals surface area (Å²) in [4.78, 5) is 2.29. The average molecular weight is 335 g/mol. The van der Waals surface area contributed by atoms with Crippen LogP contribution in [0.3, 0.4) is 0 Å². The Balaban J connectivity index is 2.19. The minimum absolute atomic E-state index is 0.253. The molecule has 0 saturated carbocycles. The molecule has 134 valence electrons. The molecule has 1 aliphatic heterocycles. The minimum atomic E-state index is -1.09. The van der Waals surface area contributed by atoms with Crippen molar-refractivity contribution in [3.8, 4) is 5.75 Å². The molecule has 1 atom stereocenters. The van der Waals surface area contributed by atoms with Crippen LogP contribution in [0.15, 0.2) is 12.1 Å². The molecular weight excluding hydrogens is 305 g/mol. The fourth-order valence-corrected chi connectivity index (χ4v) is 4.96. The SMILES string of the molecule is CCOc1c(F)ccc2c1C(O)(C1(C)CCN(C)CC1)C(C)(C)C2. The van der Waals surface area contributed by atoms with Crippen molar-refractivity contribution in [3.05, 3.63) is 29.1 Å². The third-order valence-corrected chi connectivity index (χ3v) is 6.42. The molecule has 1 aliphatic carbocycles. The number of nitrogens with zero attached hydrogens (tertiary/aromatic N) is 1. The first kappa shape index (κ1) is 17.7. The summed E-state index contributed by atoms with van der Waals surface area (Å²) >= 11 is 0. The molecule has 2 aliphatic rings. The molecule has 1 heterocycles. The zero-order chi connectivity index (χ0) is 17.8. The zero-order valence-electron chi connectivity index (χ0n) is 15.6. The summed E-state index contributed by atoms with van der Waals surface area (Å²) in [5.41, 5.74) is -0.0367. The number of ether oxygens (including phenoxy) is 1. The van der Waals surface area contributed by atoms with Gasteiger partial charge in [-0.15, -0.1) is 0 Å². The third kappa shape index (κ3) is 2.30. The number of halogens is 1. The van der Waals surface area contributed by atoms with Crippen molar-refractivity contribution in [3.63, 3.8) is 0 Å². The van der Waals surface area contributed by atoms with Crippen LogP contribution < -0.4 is 4.74 Å². The van der Waals surface area contributed by atoms with Gasteiger partial charge in [0.05, 0.1) is 6.61 Å². The van der Waals surface area contributed by atoms with Crippen LogP contribution in [-0.4, -0.2) is 36.8 Å². The van der Waals surface area contributed by atoms with Gasteiger partial charge in [0.1, 0.15) is 5.60 Å². The van der Waals surface area contributed by atoms with Gasteiger partial charge in [-0.3, -0.25) is 0 Å². The summed E-state index contributed by atoms with van der Waals surface area (Å²) < 4.78 is 20.2. The van der Waals surface area contributed by atoms with Gasteiger partial charge in [0.25, 0.3) is 0 Å². The van der Waals surface area contributed by atoms with Gasteiger partial charge in [-0.05, 0) is 58.0 Å². The number of benzene rings is 1. The molecule has 1 fully saturated rings. The molecule has 24 heavy (non-hydrogen) atoms. The second kappa shape index (κ2) is 5.70. The van der Waals surface area contributed by atoms with E-state index in [1.165, 1.54) is 6.07 Å². The third-order valence-electron chi connectivity index (χ3n) is 6.42. The number of aliphatic hydroxyl groups is 1. The van der Waals surface area contributed by atoms with Gasteiger partial charge < -0.3 is 14.7 Å². The Morgan fingerprint density at radius 3 is 2.42 bits per heavy atom. The lowest BCUT2D eigenvalue weighted by Crippen LogP contribution is -2.55. The highest BCUT2D eigenvalue weighted by molar-refractivity contribution is 5.52. The van der Waals surface area contributed by atoms with E-state index in [1.807, 2.05) is 13.0 Å². The first-order valence-electron chi connectivity index (χ1n) is 9.02. The quantitative estimate of drug-likeness (QED) is 0.914. The Morgan fingerprint density at radius 2 is 1.83 bits per heavy atom. The van der Waals surface area contributed by atoms with E-state index >= 15 is 0 Å². The van der Waals surface area contributed by atoms with Gasteiger partial charge in [0.2, 0.25) is 0 Å². The summed E-state index contributed by atoms with van der Waals surface area (Å²) in [5.74, 6) is -0.119. The van der Waals surface area contributed by atoms with E-state index in [4.69, 9.17) is 4.74 Å². The van der Waals surface area contributed by atoms with Crippen molar-refractivity contribution in [2.75, 3.05) is 26.7 Å². The van der Waals surface area contributed by atoms with Gasteiger partial charge >= 0.3 is 0 Å². The first-order chi connectivity index (χ1) is 11.2. The van der Waals surface area contributed by atoms with Crippen LogP contribution in [0.1, 0.15) is 51.7 Å². The lowest BCUT2D eigenvalue weighted by atomic mass is 9.57. The average Bonchev–Trinajstić information content (AvgIpc) is 2.74. The van der Waals surface area contributed by atoms with Crippen LogP contribution in [0.4, 0.5) is 4.39 Å². The van der Waals surface area contributed by atoms with Crippen LogP contribution in [0.25, 0.3) is 0 Å². The summed E-state index contributed by atoms with van der Waals surface area (Å²) in [5, 5.41) is 12.1. The van der Waals surface area contributed by atoms with E-state index in [0.29, 0.717) is 12.2 Å². The Kier molecular flexibility index (Phi) is 4.20. The lowest BCUT2D eigenvalue weighted by molar-refractivity contribution is -0.172. The smallest absolute Gasteiger partial charge is 0.165 e. The first-order valence-corrected chi connectivity index (χ1v) is 9.02. The molecule has 1 aromatic rings. The highest BCUT2D eigenvalue weighted by atomic mass is 19.1. The van der Waals surface area contributed by atoms with Gasteiger partial charge in [0.15, 0.2) is 11.6 Å². The molecule has 1 unspecified atom stereocenters. The molecule has 3 rings (SSSR count). The Labute approximate surface area is 144 Å². The number of likely N-dealkylation sites (tertiary alicyclic amines) is 1. The fraction of sp³-hybridized carbons (Fsp3) is 0.700. The predicted octanol–water partition coefficient (Wildman–Crippen LogP) is 3.73. The maximum absolute atomic E-state index is 14.5. The standard InChI is InChI=1S/C20H30FNO2/c1-6-24-17-15(21)8-7-14-13-18(2,3)20(23,16(14)17)19(4)9-11-22(5)12-10-19/h7-8,23H,6,9-13H2,1-5H3. The largest absolute Gasteiger partial charge is 0.490 e. The van der Waals surface area contributed by atoms with Gasteiger partial charge in [-0.25, -0.2) is 4.39 Å². The molecule has 0 bridgehead atoms. The monoisotopic (exact) mass is 335 g/mol. The van der Waals surface area contributed by atoms with Crippen molar-refractivity contribution < 1.29 is 14.2 Å². The second-order valence-electron chi connectivity index (χ2n) is 8.48. The molecule has 3 nitrogen and oxygen atoms in total. The number of hydrogen-bond donors (Lipinski definition) is 1. The molecule has 0 radical (unpaired) electrons. The van der Waals surface area contributed by atoms with Gasteiger partial charge in [-0.2, -0.15) is 0 Å². The predicted molar refractivity (Wildman–Crippen MR) is 93.8 cm³/mol. The fourth-order valence-electron chi connectivity index (χ4n) is 4.96. The Hall–Kier alpha value is -1.13. The van der Waals surface area contributed by atoms with Crippen LogP contribution >= 0.6 is 0 Å². The topological polar surface area (TPSA) is 32.7 Å². The van der Waals surface area contributed by atoms with E-state index < -0.39 is 5.60 Å². The molecule has 0 aromatic heterocycles. The molecule has 1 N–H and O–H groups in total. The van der Waals surface area contributed by atoms with E-state index in [2.05, 4.69) is 32.7 Å². The summed E-state index contributed by atoms with van der Waals surface area (Å²) in [7, 11) is 2.11. The van der Waals surface area contributed by atoms with Crippen molar-refractivity contribution in [2.24, 2.45) is 10.8 Å². The highest BCUT2D eigenvalue weighted by Crippen LogP contribution is 2.63. The highest BCUT2D eigenvalue weighted by Gasteiger charge is 2.62. The normalized spacial score (nSPS) is 28.6. The summed E-state index contributed by atoms with van der Waals surface area (Å²) in [6.45, 7) is 10.5. The van der Waals surface area contributed by atoms with Crippen molar-refractivity contribution >= 4 is 0 Å². The number of hydrogen-bond acceptors (Lipinski definition) is 3. The van der Waals surface area contributed by atoms with E-state index in [1.54, 1.807) is 0 Å². The van der Waals surface area contributed by atoms with Gasteiger partial charge in [0, 0.05) is 16.4 Å². The maximum Gasteiger partial charge on any atom is 0.165 e. The van der Waals surface area contributed by atoms with E-state index in [9.17, 15) is 9.50 Å². The van der Waals surface area contributed by atoms with E-state index in [0.717, 1.165) is 37.9 Å². The van der Waals surface area contributed by atoms with Gasteiger partial charge in [-0.1, -0.05) is 26.8 Å². The van der Waals surface area contributed by atoms with Crippen molar-refractivity contribution in [2.45, 2.75) is 52.6 Å². The number of rotatable bonds is 3. The molecule has 0 spiro atoms. The lowest BCUT2D eigenvalue weighted by Gasteiger charge is -2.54. The van der Waals surface area contributed by atoms with Crippen molar-refractivity contribution in [1.29, 1.82) is 0 Å². The van der Waals surface area contributed by atoms with E-state index in [-0.39, 0.29) is 22.4 Å².